The normalized spacial score (nSPS) is 11.0. The maximum atomic E-state index is 10.1. The molecule has 0 heterocycles. The zero-order valence-electron chi connectivity index (χ0n) is 7.07. The minimum absolute atomic E-state index is 0.520. The lowest BCUT2D eigenvalue weighted by Crippen LogP contribution is -2.29. The second-order valence-corrected chi connectivity index (χ2v) is 2.23. The largest absolute Gasteiger partial charge is 0.480 e. The second-order valence-electron chi connectivity index (χ2n) is 2.23. The maximum absolute atomic E-state index is 10.1. The van der Waals surface area contributed by atoms with Crippen molar-refractivity contribution in [1.82, 2.24) is 0 Å². The first-order valence-corrected chi connectivity index (χ1v) is 3.70. The van der Waals surface area contributed by atoms with Crippen LogP contribution in [-0.2, 0) is 4.79 Å². The van der Waals surface area contributed by atoms with Gasteiger partial charge in [0.15, 0.2) is 0 Å². The predicted octanol–water partition coefficient (Wildman–Crippen LogP) is -0.223. The van der Waals surface area contributed by atoms with Gasteiger partial charge in [0.2, 0.25) is 0 Å². The predicted molar refractivity (Wildman–Crippen MR) is 48.4 cm³/mol. The van der Waals surface area contributed by atoms with Crippen molar-refractivity contribution in [3.05, 3.63) is 0 Å². The van der Waals surface area contributed by atoms with Crippen molar-refractivity contribution < 1.29 is 9.90 Å². The van der Waals surface area contributed by atoms with E-state index in [1.54, 1.807) is 0 Å². The lowest BCUT2D eigenvalue weighted by atomic mass is 10.1. The number of aliphatic carboxylic acids is 1. The van der Waals surface area contributed by atoms with Crippen LogP contribution in [0.3, 0.4) is 0 Å². The van der Waals surface area contributed by atoms with Crippen LogP contribution in [0, 0.1) is 12.8 Å². The smallest absolute Gasteiger partial charge is 0.320 e. The Morgan fingerprint density at radius 1 is 1.42 bits per heavy atom. The standard InChI is InChI=1S/C6H14N2O2.C2H2/c7-4-2-1-3-5(8)6(9)10;1-2/h5H,1-4,7-8H2,(H,9,10);1-2H/t5-;/m0./s1. The van der Waals surface area contributed by atoms with E-state index in [4.69, 9.17) is 16.6 Å². The highest BCUT2D eigenvalue weighted by molar-refractivity contribution is 5.72. The molecule has 0 aliphatic carbocycles. The molecular weight excluding hydrogens is 156 g/mol. The highest BCUT2D eigenvalue weighted by Gasteiger charge is 2.09. The number of hydrogen-bond acceptors (Lipinski definition) is 3. The number of nitrogens with two attached hydrogens (primary N) is 2. The quantitative estimate of drug-likeness (QED) is 0.395. The Morgan fingerprint density at radius 3 is 2.25 bits per heavy atom. The van der Waals surface area contributed by atoms with Crippen molar-refractivity contribution in [2.24, 2.45) is 11.5 Å². The summed E-state index contributed by atoms with van der Waals surface area (Å²) in [6.45, 7) is 0.604. The molecule has 0 spiro atoms. The summed E-state index contributed by atoms with van der Waals surface area (Å²) in [5.74, 6) is -0.933. The summed E-state index contributed by atoms with van der Waals surface area (Å²) in [6, 6.07) is -0.716. The average Bonchev–Trinajstić information content (AvgIpc) is 2.08. The van der Waals surface area contributed by atoms with Gasteiger partial charge in [-0.15, -0.1) is 12.8 Å². The monoisotopic (exact) mass is 172 g/mol. The molecular formula is C8H16N2O2. The molecule has 0 fully saturated rings. The van der Waals surface area contributed by atoms with Crippen molar-refractivity contribution in [2.45, 2.75) is 25.3 Å². The summed E-state index contributed by atoms with van der Waals surface area (Å²) in [4.78, 5) is 10.1. The van der Waals surface area contributed by atoms with Gasteiger partial charge >= 0.3 is 5.97 Å². The molecule has 0 aromatic heterocycles. The summed E-state index contributed by atoms with van der Waals surface area (Å²) in [7, 11) is 0. The van der Waals surface area contributed by atoms with Crippen LogP contribution in [0.25, 0.3) is 0 Å². The van der Waals surface area contributed by atoms with E-state index in [-0.39, 0.29) is 0 Å². The van der Waals surface area contributed by atoms with Gasteiger partial charge in [-0.1, -0.05) is 6.42 Å². The fourth-order valence-corrected chi connectivity index (χ4v) is 0.632. The van der Waals surface area contributed by atoms with Crippen LogP contribution in [0.5, 0.6) is 0 Å². The van der Waals surface area contributed by atoms with Crippen LogP contribution in [0.2, 0.25) is 0 Å². The van der Waals surface area contributed by atoms with Crippen LogP contribution in [0.15, 0.2) is 0 Å². The highest BCUT2D eigenvalue weighted by Crippen LogP contribution is 1.96. The Bertz CT molecular complexity index is 134. The summed E-state index contributed by atoms with van der Waals surface area (Å²) >= 11 is 0. The molecule has 0 rings (SSSR count). The van der Waals surface area contributed by atoms with Crippen molar-refractivity contribution in [3.63, 3.8) is 0 Å². The Kier molecular flexibility index (Phi) is 11.2. The molecule has 0 aliphatic heterocycles. The van der Waals surface area contributed by atoms with Gasteiger partial charge in [-0.05, 0) is 19.4 Å². The zero-order chi connectivity index (χ0) is 9.98. The van der Waals surface area contributed by atoms with Crippen molar-refractivity contribution >= 4 is 5.97 Å². The van der Waals surface area contributed by atoms with Gasteiger partial charge in [-0.25, -0.2) is 0 Å². The second kappa shape index (κ2) is 9.95. The van der Waals surface area contributed by atoms with Crippen LogP contribution >= 0.6 is 0 Å². The van der Waals surface area contributed by atoms with E-state index in [1.165, 1.54) is 0 Å². The molecule has 0 amide bonds. The summed E-state index contributed by atoms with van der Waals surface area (Å²) in [5.41, 5.74) is 10.4. The van der Waals surface area contributed by atoms with E-state index >= 15 is 0 Å². The maximum Gasteiger partial charge on any atom is 0.320 e. The lowest BCUT2D eigenvalue weighted by Gasteiger charge is -2.03. The van der Waals surface area contributed by atoms with Gasteiger partial charge in [0.05, 0.1) is 0 Å². The van der Waals surface area contributed by atoms with Crippen molar-refractivity contribution in [1.29, 1.82) is 0 Å². The van der Waals surface area contributed by atoms with Crippen molar-refractivity contribution in [3.8, 4) is 12.8 Å². The fourth-order valence-electron chi connectivity index (χ4n) is 0.632. The molecule has 12 heavy (non-hydrogen) atoms. The molecule has 70 valence electrons. The number of hydrogen-bond donors (Lipinski definition) is 3. The van der Waals surface area contributed by atoms with Crippen LogP contribution in [0.4, 0.5) is 0 Å². The van der Waals surface area contributed by atoms with E-state index in [0.29, 0.717) is 13.0 Å². The molecule has 0 radical (unpaired) electrons. The first kappa shape index (κ1) is 13.5. The number of carbonyl (C=O) groups is 1. The third kappa shape index (κ3) is 8.95. The Hall–Kier alpha value is -1.05. The van der Waals surface area contributed by atoms with Gasteiger partial charge in [0.1, 0.15) is 6.04 Å². The molecule has 0 bridgehead atoms. The molecule has 4 heteroatoms. The van der Waals surface area contributed by atoms with Gasteiger partial charge in [-0.3, -0.25) is 4.79 Å². The molecule has 0 unspecified atom stereocenters. The third-order valence-electron chi connectivity index (χ3n) is 1.29. The van der Waals surface area contributed by atoms with Gasteiger partial charge in [0.25, 0.3) is 0 Å². The molecule has 5 N–H and O–H groups in total. The molecule has 0 saturated heterocycles. The fraction of sp³-hybridized carbons (Fsp3) is 0.625. The minimum Gasteiger partial charge on any atom is -0.480 e. The van der Waals surface area contributed by atoms with Gasteiger partial charge in [-0.2, -0.15) is 0 Å². The van der Waals surface area contributed by atoms with E-state index < -0.39 is 12.0 Å². The molecule has 0 aromatic rings. The van der Waals surface area contributed by atoms with Crippen LogP contribution in [0.1, 0.15) is 19.3 Å². The minimum atomic E-state index is -0.933. The number of carboxylic acids is 1. The van der Waals surface area contributed by atoms with Gasteiger partial charge < -0.3 is 16.6 Å². The summed E-state index contributed by atoms with van der Waals surface area (Å²) in [5, 5.41) is 8.33. The summed E-state index contributed by atoms with van der Waals surface area (Å²) in [6.07, 6.45) is 10.2. The first-order chi connectivity index (χ1) is 5.68. The van der Waals surface area contributed by atoms with E-state index in [1.807, 2.05) is 0 Å². The SMILES string of the molecule is C#C.NCCCC[C@H](N)C(=O)O. The van der Waals surface area contributed by atoms with E-state index in [0.717, 1.165) is 12.8 Å². The Morgan fingerprint density at radius 2 is 1.92 bits per heavy atom. The Labute approximate surface area is 72.9 Å². The van der Waals surface area contributed by atoms with E-state index in [9.17, 15) is 4.79 Å². The number of terminal acetylenes is 1. The molecule has 0 aliphatic rings. The van der Waals surface area contributed by atoms with E-state index in [2.05, 4.69) is 12.8 Å². The number of carboxylic acid groups (broad SMARTS) is 1. The number of rotatable bonds is 5. The lowest BCUT2D eigenvalue weighted by molar-refractivity contribution is -0.138. The summed E-state index contributed by atoms with van der Waals surface area (Å²) < 4.78 is 0. The van der Waals surface area contributed by atoms with Crippen LogP contribution in [-0.4, -0.2) is 23.7 Å². The average molecular weight is 172 g/mol. The zero-order valence-corrected chi connectivity index (χ0v) is 7.07. The first-order valence-electron chi connectivity index (χ1n) is 3.70. The topological polar surface area (TPSA) is 89.3 Å². The third-order valence-corrected chi connectivity index (χ3v) is 1.29. The molecule has 4 nitrogen and oxygen atoms in total. The van der Waals surface area contributed by atoms with Gasteiger partial charge in [0, 0.05) is 0 Å². The molecule has 0 aromatic carbocycles. The Balaban J connectivity index is 0. The van der Waals surface area contributed by atoms with Crippen molar-refractivity contribution in [2.75, 3.05) is 6.54 Å². The molecule has 1 atom stereocenters. The molecule has 0 saturated carbocycles. The highest BCUT2D eigenvalue weighted by atomic mass is 16.4. The van der Waals surface area contributed by atoms with Crippen LogP contribution < -0.4 is 11.5 Å². The number of unbranched alkanes of at least 4 members (excludes halogenated alkanes) is 1.